The first-order chi connectivity index (χ1) is 16.3. The van der Waals surface area contributed by atoms with Crippen LogP contribution in [0.3, 0.4) is 0 Å². The largest absolute Gasteiger partial charge is 0.481 e. The van der Waals surface area contributed by atoms with E-state index in [0.29, 0.717) is 12.4 Å². The van der Waals surface area contributed by atoms with Crippen molar-refractivity contribution in [3.63, 3.8) is 0 Å². The minimum atomic E-state index is -0.991. The van der Waals surface area contributed by atoms with E-state index in [-0.39, 0.29) is 37.4 Å². The number of carbonyl (C=O) groups excluding carboxylic acids is 2. The summed E-state index contributed by atoms with van der Waals surface area (Å²) in [6.45, 7) is 14.0. The summed E-state index contributed by atoms with van der Waals surface area (Å²) >= 11 is 0. The Hall–Kier alpha value is -3.10. The van der Waals surface area contributed by atoms with Crippen molar-refractivity contribution in [2.45, 2.75) is 72.6 Å². The number of carboxylic acid groups (broad SMARTS) is 1. The molecule has 35 heavy (non-hydrogen) atoms. The second kappa shape index (κ2) is 10.3. The van der Waals surface area contributed by atoms with Crippen LogP contribution in [0.2, 0.25) is 0 Å². The summed E-state index contributed by atoms with van der Waals surface area (Å²) in [7, 11) is 0. The van der Waals surface area contributed by atoms with Gasteiger partial charge in [-0.1, -0.05) is 26.0 Å². The number of likely N-dealkylation sites (tertiary alicyclic amines) is 1. The number of nitrogens with zero attached hydrogens (tertiary/aromatic N) is 4. The van der Waals surface area contributed by atoms with Crippen molar-refractivity contribution in [2.75, 3.05) is 19.6 Å². The molecule has 0 bridgehead atoms. The Balaban J connectivity index is 2.01. The van der Waals surface area contributed by atoms with Gasteiger partial charge in [0, 0.05) is 25.7 Å². The molecule has 1 aliphatic heterocycles. The lowest BCUT2D eigenvalue weighted by molar-refractivity contribution is -0.144. The van der Waals surface area contributed by atoms with Gasteiger partial charge in [-0.25, -0.2) is 9.78 Å². The fourth-order valence-corrected chi connectivity index (χ4v) is 4.59. The van der Waals surface area contributed by atoms with Gasteiger partial charge in [-0.05, 0) is 59.1 Å². The van der Waals surface area contributed by atoms with Crippen LogP contribution in [0.25, 0.3) is 11.0 Å². The minimum Gasteiger partial charge on any atom is -0.481 e. The van der Waals surface area contributed by atoms with Gasteiger partial charge in [0.1, 0.15) is 5.60 Å². The normalized spacial score (nSPS) is 18.8. The van der Waals surface area contributed by atoms with Crippen molar-refractivity contribution in [1.82, 2.24) is 19.4 Å². The number of hydrogen-bond acceptors (Lipinski definition) is 5. The van der Waals surface area contributed by atoms with E-state index in [1.54, 1.807) is 25.7 Å². The van der Waals surface area contributed by atoms with Crippen LogP contribution in [0.4, 0.5) is 4.79 Å². The Morgan fingerprint density at radius 2 is 1.80 bits per heavy atom. The van der Waals surface area contributed by atoms with Crippen LogP contribution < -0.4 is 0 Å². The number of imidazole rings is 1. The highest BCUT2D eigenvalue weighted by molar-refractivity contribution is 5.95. The molecule has 2 aromatic rings. The van der Waals surface area contributed by atoms with Crippen LogP contribution in [0.5, 0.6) is 0 Å². The molecule has 0 saturated carbocycles. The molecule has 1 fully saturated rings. The number of aromatic nitrogens is 2. The lowest BCUT2D eigenvalue weighted by atomic mass is 9.92. The minimum absolute atomic E-state index is 0.00126. The SMILES string of the molecule is CC(C)CN(C(=O)c1nc2ccccc2n1C(C)C)[C@H]1C[C@@H](C(=O)O)CN(C(=O)OC(C)(C)C)C1. The Kier molecular flexibility index (Phi) is 7.77. The average molecular weight is 487 g/mol. The summed E-state index contributed by atoms with van der Waals surface area (Å²) in [6, 6.07) is 7.14. The highest BCUT2D eigenvalue weighted by Crippen LogP contribution is 2.28. The molecule has 2 atom stereocenters. The molecular formula is C26H38N4O5. The van der Waals surface area contributed by atoms with Gasteiger partial charge in [-0.3, -0.25) is 9.59 Å². The van der Waals surface area contributed by atoms with Gasteiger partial charge in [-0.2, -0.15) is 0 Å². The quantitative estimate of drug-likeness (QED) is 0.648. The van der Waals surface area contributed by atoms with Crippen LogP contribution in [0.15, 0.2) is 24.3 Å². The molecule has 1 aliphatic rings. The maximum absolute atomic E-state index is 14.0. The topological polar surface area (TPSA) is 105 Å². The number of aliphatic carboxylic acids is 1. The van der Waals surface area contributed by atoms with E-state index >= 15 is 0 Å². The second-order valence-corrected chi connectivity index (χ2v) is 11.0. The molecule has 1 saturated heterocycles. The molecule has 2 amide bonds. The van der Waals surface area contributed by atoms with Gasteiger partial charge in [-0.15, -0.1) is 0 Å². The van der Waals surface area contributed by atoms with Crippen molar-refractivity contribution in [3.05, 3.63) is 30.1 Å². The van der Waals surface area contributed by atoms with Crippen LogP contribution in [-0.4, -0.2) is 73.7 Å². The summed E-state index contributed by atoms with van der Waals surface area (Å²) in [5.74, 6) is -1.59. The number of benzene rings is 1. The Bertz CT molecular complexity index is 1090. The Morgan fingerprint density at radius 3 is 2.37 bits per heavy atom. The second-order valence-electron chi connectivity index (χ2n) is 11.0. The molecule has 3 rings (SSSR count). The fraction of sp³-hybridized carbons (Fsp3) is 0.615. The van der Waals surface area contributed by atoms with E-state index in [1.807, 2.05) is 56.5 Å². The van der Waals surface area contributed by atoms with E-state index in [9.17, 15) is 19.5 Å². The molecule has 192 valence electrons. The third-order valence-electron chi connectivity index (χ3n) is 6.00. The summed E-state index contributed by atoms with van der Waals surface area (Å²) in [6.07, 6.45) is -0.311. The summed E-state index contributed by atoms with van der Waals surface area (Å²) in [5, 5.41) is 9.82. The lowest BCUT2D eigenvalue weighted by Gasteiger charge is -2.42. The standard InChI is InChI=1S/C26H38N4O5/c1-16(2)13-29(23(31)22-27-20-10-8-9-11-21(20)30(22)17(3)4)19-12-18(24(32)33)14-28(15-19)25(34)35-26(5,6)7/h8-11,16-19H,12-15H2,1-7H3,(H,32,33)/t18-,19+/m1/s1. The van der Waals surface area contributed by atoms with Crippen LogP contribution in [0, 0.1) is 11.8 Å². The summed E-state index contributed by atoms with van der Waals surface area (Å²) < 4.78 is 7.45. The third-order valence-corrected chi connectivity index (χ3v) is 6.00. The molecule has 2 heterocycles. The van der Waals surface area contributed by atoms with Crippen molar-refractivity contribution >= 4 is 29.0 Å². The van der Waals surface area contributed by atoms with Crippen molar-refractivity contribution in [2.24, 2.45) is 11.8 Å². The number of carboxylic acids is 1. The predicted octanol–water partition coefficient (Wildman–Crippen LogP) is 4.43. The number of rotatable bonds is 6. The molecule has 1 aromatic heterocycles. The molecule has 9 heteroatoms. The van der Waals surface area contributed by atoms with Gasteiger partial charge < -0.3 is 24.2 Å². The predicted molar refractivity (Wildman–Crippen MR) is 133 cm³/mol. The van der Waals surface area contributed by atoms with E-state index in [1.165, 1.54) is 4.90 Å². The van der Waals surface area contributed by atoms with Gasteiger partial charge in [0.25, 0.3) is 5.91 Å². The van der Waals surface area contributed by atoms with Gasteiger partial charge in [0.05, 0.1) is 23.0 Å². The molecule has 1 N–H and O–H groups in total. The summed E-state index contributed by atoms with van der Waals surface area (Å²) in [4.78, 5) is 46.7. The Labute approximate surface area is 207 Å². The number of amides is 2. The fourth-order valence-electron chi connectivity index (χ4n) is 4.59. The third kappa shape index (κ3) is 6.13. The number of hydrogen-bond donors (Lipinski definition) is 1. The molecule has 1 aromatic carbocycles. The van der Waals surface area contributed by atoms with Gasteiger partial charge in [0.2, 0.25) is 0 Å². The first-order valence-corrected chi connectivity index (χ1v) is 12.3. The lowest BCUT2D eigenvalue weighted by Crippen LogP contribution is -2.57. The molecule has 0 spiro atoms. The zero-order valence-corrected chi connectivity index (χ0v) is 21.8. The molecular weight excluding hydrogens is 448 g/mol. The molecule has 0 unspecified atom stereocenters. The molecule has 0 radical (unpaired) electrons. The first-order valence-electron chi connectivity index (χ1n) is 12.3. The maximum Gasteiger partial charge on any atom is 0.410 e. The van der Waals surface area contributed by atoms with Gasteiger partial charge in [0.15, 0.2) is 5.82 Å². The zero-order chi connectivity index (χ0) is 26.1. The van der Waals surface area contributed by atoms with Gasteiger partial charge >= 0.3 is 12.1 Å². The first kappa shape index (κ1) is 26.5. The monoisotopic (exact) mass is 486 g/mol. The van der Waals surface area contributed by atoms with Crippen molar-refractivity contribution < 1.29 is 24.2 Å². The highest BCUT2D eigenvalue weighted by atomic mass is 16.6. The molecule has 0 aliphatic carbocycles. The number of piperidine rings is 1. The van der Waals surface area contributed by atoms with Crippen LogP contribution >= 0.6 is 0 Å². The van der Waals surface area contributed by atoms with E-state index < -0.39 is 29.6 Å². The number of para-hydroxylation sites is 2. The Morgan fingerprint density at radius 1 is 1.14 bits per heavy atom. The number of ether oxygens (including phenoxy) is 1. The maximum atomic E-state index is 14.0. The van der Waals surface area contributed by atoms with E-state index in [4.69, 9.17) is 4.74 Å². The van der Waals surface area contributed by atoms with E-state index in [0.717, 1.165) is 11.0 Å². The van der Waals surface area contributed by atoms with Crippen molar-refractivity contribution in [1.29, 1.82) is 0 Å². The number of fused-ring (bicyclic) bond motifs is 1. The van der Waals surface area contributed by atoms with E-state index in [2.05, 4.69) is 4.98 Å². The van der Waals surface area contributed by atoms with Crippen molar-refractivity contribution in [3.8, 4) is 0 Å². The smallest absolute Gasteiger partial charge is 0.410 e. The number of carbonyl (C=O) groups is 3. The highest BCUT2D eigenvalue weighted by Gasteiger charge is 2.40. The van der Waals surface area contributed by atoms with Crippen LogP contribution in [0.1, 0.15) is 71.5 Å². The van der Waals surface area contributed by atoms with Crippen LogP contribution in [-0.2, 0) is 9.53 Å². The molecule has 9 nitrogen and oxygen atoms in total. The summed E-state index contributed by atoms with van der Waals surface area (Å²) in [5.41, 5.74) is 0.896. The average Bonchev–Trinajstić information content (AvgIpc) is 3.15. The zero-order valence-electron chi connectivity index (χ0n) is 21.8.